The summed E-state index contributed by atoms with van der Waals surface area (Å²) in [6.07, 6.45) is 4.38. The average Bonchev–Trinajstić information content (AvgIpc) is 2.38. The fourth-order valence-corrected chi connectivity index (χ4v) is 5.01. The molecule has 108 valence electrons. The van der Waals surface area contributed by atoms with Gasteiger partial charge in [-0.05, 0) is 76.1 Å². The standard InChI is InChI=1S/C18H24IN/c1-6-14-11(2)7-8-15-16(14)9-12(3)17(18(15)19)13(4)10-20-5/h7-8,10,12-13H,6,9H2,1-5H3/b20-10+/t12-,13-/m1/s1. The molecule has 0 unspecified atom stereocenters. The minimum Gasteiger partial charge on any atom is -0.300 e. The smallest absolute Gasteiger partial charge is 0.0273 e. The van der Waals surface area contributed by atoms with E-state index in [0.29, 0.717) is 11.8 Å². The van der Waals surface area contributed by atoms with Crippen LogP contribution in [0.2, 0.25) is 0 Å². The Balaban J connectivity index is 2.61. The molecule has 1 aromatic rings. The molecule has 0 fully saturated rings. The Bertz CT molecular complexity index is 569. The lowest BCUT2D eigenvalue weighted by molar-refractivity contribution is 0.616. The molecule has 2 rings (SSSR count). The summed E-state index contributed by atoms with van der Waals surface area (Å²) in [7, 11) is 1.86. The van der Waals surface area contributed by atoms with E-state index in [0.717, 1.165) is 6.42 Å². The van der Waals surface area contributed by atoms with Crippen molar-refractivity contribution in [2.45, 2.75) is 40.5 Å². The summed E-state index contributed by atoms with van der Waals surface area (Å²) in [5.41, 5.74) is 7.58. The van der Waals surface area contributed by atoms with Crippen LogP contribution in [0.4, 0.5) is 0 Å². The fraction of sp³-hybridized carbons (Fsp3) is 0.500. The largest absolute Gasteiger partial charge is 0.300 e. The van der Waals surface area contributed by atoms with Crippen LogP contribution in [0.1, 0.15) is 43.0 Å². The number of fused-ring (bicyclic) bond motifs is 1. The number of aliphatic imine (C=N–C) groups is 1. The summed E-state index contributed by atoms with van der Waals surface area (Å²) < 4.78 is 1.44. The highest BCUT2D eigenvalue weighted by molar-refractivity contribution is 14.1. The highest BCUT2D eigenvalue weighted by atomic mass is 127. The topological polar surface area (TPSA) is 12.4 Å². The van der Waals surface area contributed by atoms with E-state index in [9.17, 15) is 0 Å². The van der Waals surface area contributed by atoms with Gasteiger partial charge in [-0.25, -0.2) is 0 Å². The fourth-order valence-electron chi connectivity index (χ4n) is 3.48. The Labute approximate surface area is 136 Å². The lowest BCUT2D eigenvalue weighted by Gasteiger charge is -2.30. The van der Waals surface area contributed by atoms with Gasteiger partial charge >= 0.3 is 0 Å². The molecule has 0 N–H and O–H groups in total. The van der Waals surface area contributed by atoms with E-state index in [4.69, 9.17) is 0 Å². The molecule has 20 heavy (non-hydrogen) atoms. The van der Waals surface area contributed by atoms with Crippen molar-refractivity contribution in [3.63, 3.8) is 0 Å². The summed E-state index contributed by atoms with van der Waals surface area (Å²) >= 11 is 2.54. The van der Waals surface area contributed by atoms with Crippen LogP contribution >= 0.6 is 22.6 Å². The molecule has 0 heterocycles. The maximum atomic E-state index is 4.22. The van der Waals surface area contributed by atoms with Gasteiger partial charge in [0.25, 0.3) is 0 Å². The van der Waals surface area contributed by atoms with Crippen LogP contribution in [0.25, 0.3) is 3.58 Å². The predicted molar refractivity (Wildman–Crippen MR) is 97.9 cm³/mol. The average molecular weight is 381 g/mol. The van der Waals surface area contributed by atoms with E-state index >= 15 is 0 Å². The van der Waals surface area contributed by atoms with Gasteiger partial charge in [-0.15, -0.1) is 0 Å². The van der Waals surface area contributed by atoms with E-state index in [1.807, 2.05) is 7.05 Å². The van der Waals surface area contributed by atoms with Crippen LogP contribution in [0.3, 0.4) is 0 Å². The molecule has 1 aromatic carbocycles. The van der Waals surface area contributed by atoms with E-state index in [1.165, 1.54) is 21.1 Å². The summed E-state index contributed by atoms with van der Waals surface area (Å²) in [5.74, 6) is 1.04. The molecule has 0 spiro atoms. The molecule has 0 saturated carbocycles. The van der Waals surface area contributed by atoms with Crippen LogP contribution in [-0.2, 0) is 12.8 Å². The monoisotopic (exact) mass is 381 g/mol. The van der Waals surface area contributed by atoms with Gasteiger partial charge in [-0.3, -0.25) is 0 Å². The SMILES string of the molecule is CCc1c(C)ccc2c1C[C@@H](C)C([C@H](C)/C=N/C)=C2I. The lowest BCUT2D eigenvalue weighted by Crippen LogP contribution is -2.19. The second kappa shape index (κ2) is 6.42. The molecule has 1 nitrogen and oxygen atoms in total. The van der Waals surface area contributed by atoms with E-state index in [-0.39, 0.29) is 0 Å². The summed E-state index contributed by atoms with van der Waals surface area (Å²) in [4.78, 5) is 4.22. The zero-order chi connectivity index (χ0) is 14.9. The van der Waals surface area contributed by atoms with Crippen molar-refractivity contribution < 1.29 is 0 Å². The van der Waals surface area contributed by atoms with Gasteiger partial charge in [0.15, 0.2) is 0 Å². The van der Waals surface area contributed by atoms with Crippen LogP contribution < -0.4 is 0 Å². The highest BCUT2D eigenvalue weighted by Gasteiger charge is 2.27. The first-order chi connectivity index (χ1) is 9.51. The Morgan fingerprint density at radius 3 is 2.75 bits per heavy atom. The summed E-state index contributed by atoms with van der Waals surface area (Å²) in [6, 6.07) is 4.59. The Kier molecular flexibility index (Phi) is 5.05. The number of hydrogen-bond donors (Lipinski definition) is 0. The van der Waals surface area contributed by atoms with E-state index in [2.05, 4.69) is 73.6 Å². The van der Waals surface area contributed by atoms with Crippen molar-refractivity contribution in [3.05, 3.63) is 40.0 Å². The minimum atomic E-state index is 0.432. The number of benzene rings is 1. The van der Waals surface area contributed by atoms with Crippen LogP contribution in [0, 0.1) is 18.8 Å². The second-order valence-corrected chi connectivity index (χ2v) is 6.89. The zero-order valence-corrected chi connectivity index (χ0v) is 15.3. The number of nitrogens with zero attached hydrogens (tertiary/aromatic N) is 1. The Hall–Kier alpha value is -0.640. The van der Waals surface area contributed by atoms with E-state index in [1.54, 1.807) is 16.7 Å². The number of aryl methyl sites for hydroxylation is 1. The van der Waals surface area contributed by atoms with Crippen molar-refractivity contribution in [1.29, 1.82) is 0 Å². The normalized spacial score (nSPS) is 20.4. The zero-order valence-electron chi connectivity index (χ0n) is 13.1. The lowest BCUT2D eigenvalue weighted by atomic mass is 9.77. The predicted octanol–water partition coefficient (Wildman–Crippen LogP) is 5.23. The molecule has 0 radical (unpaired) electrons. The minimum absolute atomic E-state index is 0.432. The molecule has 0 bridgehead atoms. The molecule has 0 aromatic heterocycles. The molecule has 2 heteroatoms. The molecule has 2 atom stereocenters. The van der Waals surface area contributed by atoms with Gasteiger partial charge in [0, 0.05) is 22.8 Å². The third-order valence-corrected chi connectivity index (χ3v) is 5.62. The first-order valence-electron chi connectivity index (χ1n) is 7.44. The Morgan fingerprint density at radius 2 is 2.15 bits per heavy atom. The van der Waals surface area contributed by atoms with Crippen molar-refractivity contribution in [2.24, 2.45) is 16.8 Å². The van der Waals surface area contributed by atoms with Gasteiger partial charge < -0.3 is 4.99 Å². The van der Waals surface area contributed by atoms with Crippen molar-refractivity contribution in [2.75, 3.05) is 7.05 Å². The van der Waals surface area contributed by atoms with Crippen LogP contribution in [-0.4, -0.2) is 13.3 Å². The van der Waals surface area contributed by atoms with Crippen molar-refractivity contribution in [1.82, 2.24) is 0 Å². The van der Waals surface area contributed by atoms with Gasteiger partial charge in [0.05, 0.1) is 0 Å². The van der Waals surface area contributed by atoms with Crippen LogP contribution in [0.15, 0.2) is 22.7 Å². The molecular weight excluding hydrogens is 357 g/mol. The number of rotatable bonds is 3. The van der Waals surface area contributed by atoms with Crippen molar-refractivity contribution >= 4 is 32.4 Å². The van der Waals surface area contributed by atoms with E-state index < -0.39 is 0 Å². The molecule has 1 aliphatic carbocycles. The first-order valence-corrected chi connectivity index (χ1v) is 8.52. The maximum Gasteiger partial charge on any atom is 0.0273 e. The van der Waals surface area contributed by atoms with Gasteiger partial charge in [-0.1, -0.05) is 32.9 Å². The highest BCUT2D eigenvalue weighted by Crippen LogP contribution is 2.43. The third-order valence-electron chi connectivity index (χ3n) is 4.41. The number of halogens is 1. The van der Waals surface area contributed by atoms with Gasteiger partial charge in [0.1, 0.15) is 0 Å². The quantitative estimate of drug-likeness (QED) is 0.502. The number of hydrogen-bond acceptors (Lipinski definition) is 1. The number of allylic oxidation sites excluding steroid dienone is 1. The third kappa shape index (κ3) is 2.72. The molecule has 0 amide bonds. The molecular formula is C18H24IN. The molecule has 1 aliphatic rings. The summed E-state index contributed by atoms with van der Waals surface area (Å²) in [5, 5.41) is 0. The summed E-state index contributed by atoms with van der Waals surface area (Å²) in [6.45, 7) is 9.13. The first kappa shape index (κ1) is 15.7. The maximum absolute atomic E-state index is 4.22. The van der Waals surface area contributed by atoms with Gasteiger partial charge in [0.2, 0.25) is 0 Å². The molecule has 0 saturated heterocycles. The van der Waals surface area contributed by atoms with Crippen LogP contribution in [0.5, 0.6) is 0 Å². The van der Waals surface area contributed by atoms with Crippen molar-refractivity contribution in [3.8, 4) is 0 Å². The molecule has 0 aliphatic heterocycles. The second-order valence-electron chi connectivity index (χ2n) is 5.81. The Morgan fingerprint density at radius 1 is 1.45 bits per heavy atom. The van der Waals surface area contributed by atoms with Gasteiger partial charge in [-0.2, -0.15) is 0 Å².